The first-order valence-corrected chi connectivity index (χ1v) is 4.31. The number of methoxy groups -OCH3 is 1. The van der Waals surface area contributed by atoms with E-state index in [-0.39, 0.29) is 0 Å². The topological polar surface area (TPSA) is 38.2 Å². The van der Waals surface area contributed by atoms with E-state index in [0.717, 1.165) is 12.4 Å². The zero-order chi connectivity index (χ0) is 9.68. The number of anilines is 1. The van der Waals surface area contributed by atoms with Crippen molar-refractivity contribution in [3.8, 4) is 0 Å². The molecular weight excluding hydrogens is 190 g/mol. The van der Waals surface area contributed by atoms with Crippen LogP contribution in [0.2, 0.25) is 5.15 Å². The highest BCUT2D eigenvalue weighted by Crippen LogP contribution is 2.09. The van der Waals surface area contributed by atoms with Gasteiger partial charge in [0.25, 0.3) is 0 Å². The fraction of sp³-hybridized carbons (Fsp3) is 0.500. The van der Waals surface area contributed by atoms with Crippen LogP contribution in [-0.4, -0.2) is 37.5 Å². The Morgan fingerprint density at radius 2 is 2.23 bits per heavy atom. The minimum absolute atomic E-state index is 0.406. The highest BCUT2D eigenvalue weighted by atomic mass is 35.5. The third-order valence-electron chi connectivity index (χ3n) is 1.64. The van der Waals surface area contributed by atoms with E-state index in [9.17, 15) is 0 Å². The standard InChI is InChI=1S/C8H12ClN3O/c1-12(5-6-13-2)8-4-3-7(9)10-11-8/h3-4H,5-6H2,1-2H3. The summed E-state index contributed by atoms with van der Waals surface area (Å²) in [4.78, 5) is 1.95. The predicted molar refractivity (Wildman–Crippen MR) is 52.2 cm³/mol. The number of rotatable bonds is 4. The van der Waals surface area contributed by atoms with Crippen LogP contribution in [0.4, 0.5) is 5.82 Å². The molecule has 1 heterocycles. The zero-order valence-corrected chi connectivity index (χ0v) is 8.45. The summed E-state index contributed by atoms with van der Waals surface area (Å²) in [5, 5.41) is 8.07. The maximum Gasteiger partial charge on any atom is 0.151 e. The molecule has 0 fully saturated rings. The zero-order valence-electron chi connectivity index (χ0n) is 7.70. The van der Waals surface area contributed by atoms with E-state index < -0.39 is 0 Å². The molecule has 0 aliphatic rings. The number of hydrogen-bond acceptors (Lipinski definition) is 4. The number of aromatic nitrogens is 2. The molecule has 0 spiro atoms. The first-order valence-electron chi connectivity index (χ1n) is 3.93. The van der Waals surface area contributed by atoms with Gasteiger partial charge < -0.3 is 9.64 Å². The van der Waals surface area contributed by atoms with Crippen molar-refractivity contribution in [2.24, 2.45) is 0 Å². The molecule has 0 atom stereocenters. The van der Waals surface area contributed by atoms with Crippen LogP contribution >= 0.6 is 11.6 Å². The van der Waals surface area contributed by atoms with E-state index in [4.69, 9.17) is 16.3 Å². The van der Waals surface area contributed by atoms with Crippen LogP contribution in [0.3, 0.4) is 0 Å². The molecular formula is C8H12ClN3O. The van der Waals surface area contributed by atoms with Crippen LogP contribution in [0.25, 0.3) is 0 Å². The van der Waals surface area contributed by atoms with Gasteiger partial charge >= 0.3 is 0 Å². The number of likely N-dealkylation sites (N-methyl/N-ethyl adjacent to an activating group) is 1. The molecule has 4 nitrogen and oxygen atoms in total. The molecule has 0 saturated carbocycles. The normalized spacial score (nSPS) is 10.1. The summed E-state index contributed by atoms with van der Waals surface area (Å²) in [6.07, 6.45) is 0. The summed E-state index contributed by atoms with van der Waals surface area (Å²) in [6, 6.07) is 3.54. The van der Waals surface area contributed by atoms with E-state index in [1.165, 1.54) is 0 Å². The number of hydrogen-bond donors (Lipinski definition) is 0. The molecule has 0 saturated heterocycles. The average molecular weight is 202 g/mol. The smallest absolute Gasteiger partial charge is 0.151 e. The molecule has 0 bridgehead atoms. The van der Waals surface area contributed by atoms with Gasteiger partial charge in [-0.2, -0.15) is 0 Å². The SMILES string of the molecule is COCCN(C)c1ccc(Cl)nn1. The lowest BCUT2D eigenvalue weighted by molar-refractivity contribution is 0.206. The summed E-state index contributed by atoms with van der Waals surface area (Å²) >= 11 is 5.60. The van der Waals surface area contributed by atoms with Crippen LogP contribution < -0.4 is 4.90 Å². The fourth-order valence-electron chi connectivity index (χ4n) is 0.855. The Kier molecular flexibility index (Phi) is 3.92. The Morgan fingerprint density at radius 3 is 2.77 bits per heavy atom. The van der Waals surface area contributed by atoms with Crippen molar-refractivity contribution in [3.05, 3.63) is 17.3 Å². The van der Waals surface area contributed by atoms with Crippen molar-refractivity contribution in [2.45, 2.75) is 0 Å². The molecule has 13 heavy (non-hydrogen) atoms. The largest absolute Gasteiger partial charge is 0.383 e. The Morgan fingerprint density at radius 1 is 1.46 bits per heavy atom. The van der Waals surface area contributed by atoms with Gasteiger partial charge in [0, 0.05) is 20.7 Å². The van der Waals surface area contributed by atoms with Crippen molar-refractivity contribution >= 4 is 17.4 Å². The minimum atomic E-state index is 0.406. The summed E-state index contributed by atoms with van der Waals surface area (Å²) in [5.74, 6) is 0.793. The molecule has 0 amide bonds. The van der Waals surface area contributed by atoms with Crippen LogP contribution in [0.15, 0.2) is 12.1 Å². The van der Waals surface area contributed by atoms with Crippen LogP contribution in [0, 0.1) is 0 Å². The number of nitrogens with zero attached hydrogens (tertiary/aromatic N) is 3. The van der Waals surface area contributed by atoms with Gasteiger partial charge in [-0.25, -0.2) is 0 Å². The number of ether oxygens (including phenoxy) is 1. The Balaban J connectivity index is 2.55. The Hall–Kier alpha value is -0.870. The van der Waals surface area contributed by atoms with E-state index in [0.29, 0.717) is 11.8 Å². The van der Waals surface area contributed by atoms with Crippen molar-refractivity contribution in [2.75, 3.05) is 32.2 Å². The van der Waals surface area contributed by atoms with Gasteiger partial charge in [0.15, 0.2) is 11.0 Å². The average Bonchev–Trinajstić information content (AvgIpc) is 2.15. The van der Waals surface area contributed by atoms with Crippen LogP contribution in [-0.2, 0) is 4.74 Å². The van der Waals surface area contributed by atoms with Gasteiger partial charge in [-0.3, -0.25) is 0 Å². The Bertz CT molecular complexity index is 252. The molecule has 1 aromatic rings. The predicted octanol–water partition coefficient (Wildman–Crippen LogP) is 1.21. The Labute approximate surface area is 82.5 Å². The number of halogens is 1. The lowest BCUT2D eigenvalue weighted by Gasteiger charge is -2.16. The first kappa shape index (κ1) is 10.2. The van der Waals surface area contributed by atoms with Gasteiger partial charge in [-0.15, -0.1) is 10.2 Å². The molecule has 0 aromatic carbocycles. The first-order chi connectivity index (χ1) is 6.24. The van der Waals surface area contributed by atoms with E-state index in [1.807, 2.05) is 18.0 Å². The molecule has 0 aliphatic heterocycles. The van der Waals surface area contributed by atoms with E-state index in [1.54, 1.807) is 13.2 Å². The van der Waals surface area contributed by atoms with Gasteiger partial charge in [0.05, 0.1) is 6.61 Å². The van der Waals surface area contributed by atoms with Gasteiger partial charge in [0.1, 0.15) is 0 Å². The fourth-order valence-corrected chi connectivity index (χ4v) is 0.956. The molecule has 0 aliphatic carbocycles. The van der Waals surface area contributed by atoms with Gasteiger partial charge in [-0.1, -0.05) is 11.6 Å². The monoisotopic (exact) mass is 201 g/mol. The second kappa shape index (κ2) is 4.99. The molecule has 72 valence electrons. The third-order valence-corrected chi connectivity index (χ3v) is 1.84. The van der Waals surface area contributed by atoms with Gasteiger partial charge in [-0.05, 0) is 12.1 Å². The highest BCUT2D eigenvalue weighted by Gasteiger charge is 2.01. The maximum atomic E-state index is 5.60. The molecule has 0 N–H and O–H groups in total. The van der Waals surface area contributed by atoms with Crippen LogP contribution in [0.1, 0.15) is 0 Å². The summed E-state index contributed by atoms with van der Waals surface area (Å²) in [6.45, 7) is 1.45. The molecule has 0 radical (unpaired) electrons. The molecule has 1 rings (SSSR count). The van der Waals surface area contributed by atoms with Crippen LogP contribution in [0.5, 0.6) is 0 Å². The van der Waals surface area contributed by atoms with Gasteiger partial charge in [0.2, 0.25) is 0 Å². The van der Waals surface area contributed by atoms with E-state index in [2.05, 4.69) is 10.2 Å². The second-order valence-corrected chi connectivity index (χ2v) is 3.02. The van der Waals surface area contributed by atoms with Crippen molar-refractivity contribution in [1.29, 1.82) is 0 Å². The summed E-state index contributed by atoms with van der Waals surface area (Å²) in [5.41, 5.74) is 0. The minimum Gasteiger partial charge on any atom is -0.383 e. The second-order valence-electron chi connectivity index (χ2n) is 2.63. The molecule has 1 aromatic heterocycles. The van der Waals surface area contributed by atoms with Crippen molar-refractivity contribution in [3.63, 3.8) is 0 Å². The highest BCUT2D eigenvalue weighted by molar-refractivity contribution is 6.29. The summed E-state index contributed by atoms with van der Waals surface area (Å²) < 4.78 is 4.94. The lowest BCUT2D eigenvalue weighted by Crippen LogP contribution is -2.23. The lowest BCUT2D eigenvalue weighted by atomic mass is 10.5. The third kappa shape index (κ3) is 3.16. The van der Waals surface area contributed by atoms with Crippen molar-refractivity contribution in [1.82, 2.24) is 10.2 Å². The molecule has 5 heteroatoms. The molecule has 0 unspecified atom stereocenters. The maximum absolute atomic E-state index is 5.60. The summed E-state index contributed by atoms with van der Waals surface area (Å²) in [7, 11) is 3.60. The van der Waals surface area contributed by atoms with Crippen molar-refractivity contribution < 1.29 is 4.74 Å². The quantitative estimate of drug-likeness (QED) is 0.734. The van der Waals surface area contributed by atoms with E-state index >= 15 is 0 Å².